The highest BCUT2D eigenvalue weighted by Gasteiger charge is 2.19. The van der Waals surface area contributed by atoms with E-state index in [-0.39, 0.29) is 11.2 Å². The Kier molecular flexibility index (Phi) is 6.53. The van der Waals surface area contributed by atoms with Crippen molar-refractivity contribution in [3.05, 3.63) is 32.8 Å². The van der Waals surface area contributed by atoms with Crippen LogP contribution in [0.3, 0.4) is 0 Å². The second kappa shape index (κ2) is 6.63. The number of carbonyl (C=O) groups is 1. The summed E-state index contributed by atoms with van der Waals surface area (Å²) in [4.78, 5) is 9.44. The Balaban J connectivity index is 0.000000557. The van der Waals surface area contributed by atoms with Crippen molar-refractivity contribution in [3.63, 3.8) is 0 Å². The maximum absolute atomic E-state index is 9.44. The molecule has 0 unspecified atom stereocenters. The topological polar surface area (TPSA) is 17.1 Å². The monoisotopic (exact) mass is 294 g/mol. The molecule has 0 N–H and O–H groups in total. The van der Waals surface area contributed by atoms with Gasteiger partial charge in [0.25, 0.3) is 0 Å². The van der Waals surface area contributed by atoms with Crippen LogP contribution in [0.15, 0.2) is 12.1 Å². The molecule has 0 bridgehead atoms. The van der Waals surface area contributed by atoms with Crippen molar-refractivity contribution in [2.75, 3.05) is 0 Å². The first-order chi connectivity index (χ1) is 7.57. The first kappa shape index (κ1) is 16.8. The lowest BCUT2D eigenvalue weighted by molar-refractivity contribution is -0.114. The highest BCUT2D eigenvalue weighted by Crippen LogP contribution is 2.37. The second-order valence-electron chi connectivity index (χ2n) is 4.88. The molecule has 0 aliphatic rings. The zero-order valence-electron chi connectivity index (χ0n) is 10.7. The summed E-state index contributed by atoms with van der Waals surface area (Å²) in [6, 6.07) is 3.69. The number of halogens is 3. The second-order valence-corrected chi connectivity index (χ2v) is 6.04. The summed E-state index contributed by atoms with van der Waals surface area (Å²) in [5, 5.41) is 1.50. The SMILES string of the molecule is CC(C)(C)c1ccc(Cl)c(Cl)c1Cl.CC(C)=O. The van der Waals surface area contributed by atoms with E-state index in [9.17, 15) is 4.79 Å². The van der Waals surface area contributed by atoms with Gasteiger partial charge in [-0.25, -0.2) is 0 Å². The van der Waals surface area contributed by atoms with Gasteiger partial charge in [-0.15, -0.1) is 0 Å². The summed E-state index contributed by atoms with van der Waals surface area (Å²) in [6.07, 6.45) is 0. The molecule has 0 heterocycles. The van der Waals surface area contributed by atoms with E-state index in [1.54, 1.807) is 6.07 Å². The molecule has 0 fully saturated rings. The van der Waals surface area contributed by atoms with Crippen molar-refractivity contribution in [3.8, 4) is 0 Å². The fraction of sp³-hybridized carbons (Fsp3) is 0.462. The number of ketones is 1. The Labute approximate surface area is 118 Å². The van der Waals surface area contributed by atoms with Gasteiger partial charge in [-0.2, -0.15) is 0 Å². The molecule has 0 radical (unpaired) electrons. The van der Waals surface area contributed by atoms with Crippen LogP contribution < -0.4 is 0 Å². The normalized spacial score (nSPS) is 10.6. The molecule has 1 rings (SSSR count). The van der Waals surface area contributed by atoms with Gasteiger partial charge in [-0.05, 0) is 30.9 Å². The molecule has 0 saturated heterocycles. The third-order valence-electron chi connectivity index (χ3n) is 1.84. The fourth-order valence-electron chi connectivity index (χ4n) is 1.11. The highest BCUT2D eigenvalue weighted by molar-refractivity contribution is 6.48. The fourth-order valence-corrected chi connectivity index (χ4v) is 1.92. The molecule has 0 aromatic heterocycles. The van der Waals surface area contributed by atoms with Crippen LogP contribution in [0.25, 0.3) is 0 Å². The van der Waals surface area contributed by atoms with Crippen LogP contribution in [-0.4, -0.2) is 5.78 Å². The van der Waals surface area contributed by atoms with Crippen LogP contribution in [0.5, 0.6) is 0 Å². The predicted octanol–water partition coefficient (Wildman–Crippen LogP) is 5.54. The Morgan fingerprint density at radius 2 is 1.41 bits per heavy atom. The highest BCUT2D eigenvalue weighted by atomic mass is 35.5. The van der Waals surface area contributed by atoms with Crippen LogP contribution in [0.2, 0.25) is 15.1 Å². The van der Waals surface area contributed by atoms with Crippen molar-refractivity contribution < 1.29 is 4.79 Å². The van der Waals surface area contributed by atoms with Crippen LogP contribution >= 0.6 is 34.8 Å². The smallest absolute Gasteiger partial charge is 0.126 e. The zero-order valence-corrected chi connectivity index (χ0v) is 13.0. The van der Waals surface area contributed by atoms with E-state index in [1.807, 2.05) is 6.07 Å². The molecule has 1 aromatic rings. The van der Waals surface area contributed by atoms with E-state index in [0.29, 0.717) is 15.1 Å². The summed E-state index contributed by atoms with van der Waals surface area (Å²) < 4.78 is 0. The molecule has 96 valence electrons. The molecule has 1 nitrogen and oxygen atoms in total. The number of carbonyl (C=O) groups excluding carboxylic acids is 1. The molecule has 0 aliphatic heterocycles. The Morgan fingerprint density at radius 3 is 1.76 bits per heavy atom. The van der Waals surface area contributed by atoms with Crippen LogP contribution in [0.4, 0.5) is 0 Å². The lowest BCUT2D eigenvalue weighted by atomic mass is 9.87. The van der Waals surface area contributed by atoms with E-state index in [1.165, 1.54) is 13.8 Å². The molecule has 1 aromatic carbocycles. The molecule has 4 heteroatoms. The van der Waals surface area contributed by atoms with E-state index < -0.39 is 0 Å². The van der Waals surface area contributed by atoms with Crippen LogP contribution in [-0.2, 0) is 10.2 Å². The van der Waals surface area contributed by atoms with Crippen molar-refractivity contribution in [1.82, 2.24) is 0 Å². The van der Waals surface area contributed by atoms with Crippen LogP contribution in [0.1, 0.15) is 40.2 Å². The number of rotatable bonds is 0. The summed E-state index contributed by atoms with van der Waals surface area (Å²) in [7, 11) is 0. The van der Waals surface area contributed by atoms with Gasteiger partial charge in [0.1, 0.15) is 5.78 Å². The van der Waals surface area contributed by atoms with Crippen molar-refractivity contribution in [1.29, 1.82) is 0 Å². The quantitative estimate of drug-likeness (QED) is 0.574. The van der Waals surface area contributed by atoms with E-state index in [0.717, 1.165) is 5.56 Å². The van der Waals surface area contributed by atoms with E-state index in [4.69, 9.17) is 34.8 Å². The van der Waals surface area contributed by atoms with Gasteiger partial charge < -0.3 is 4.79 Å². The summed E-state index contributed by atoms with van der Waals surface area (Å²) >= 11 is 17.8. The molecule has 0 amide bonds. The van der Waals surface area contributed by atoms with Gasteiger partial charge in [0.15, 0.2) is 0 Å². The lowest BCUT2D eigenvalue weighted by Gasteiger charge is -2.21. The van der Waals surface area contributed by atoms with Crippen molar-refractivity contribution in [2.45, 2.75) is 40.0 Å². The molecular formula is C13H17Cl3O. The maximum atomic E-state index is 9.44. The number of hydrogen-bond donors (Lipinski definition) is 0. The van der Waals surface area contributed by atoms with Gasteiger partial charge in [0, 0.05) is 0 Å². The average Bonchev–Trinajstić information content (AvgIpc) is 2.11. The van der Waals surface area contributed by atoms with Crippen molar-refractivity contribution >= 4 is 40.6 Å². The van der Waals surface area contributed by atoms with Crippen LogP contribution in [0, 0.1) is 0 Å². The third-order valence-corrected chi connectivity index (χ3v) is 3.14. The predicted molar refractivity (Wildman–Crippen MR) is 76.5 cm³/mol. The zero-order chi connectivity index (χ0) is 13.8. The number of benzene rings is 1. The van der Waals surface area contributed by atoms with Crippen molar-refractivity contribution in [2.24, 2.45) is 0 Å². The Bertz CT molecular complexity index is 402. The van der Waals surface area contributed by atoms with Gasteiger partial charge >= 0.3 is 0 Å². The number of hydrogen-bond acceptors (Lipinski definition) is 1. The lowest BCUT2D eigenvalue weighted by Crippen LogP contribution is -2.11. The minimum Gasteiger partial charge on any atom is -0.300 e. The maximum Gasteiger partial charge on any atom is 0.126 e. The standard InChI is InChI=1S/C10H11Cl3.C3H6O/c1-10(2,3)6-4-5-7(11)9(13)8(6)12;1-3(2)4/h4-5H,1-3H3;1-2H3. The molecule has 0 aliphatic carbocycles. The summed E-state index contributed by atoms with van der Waals surface area (Å²) in [6.45, 7) is 9.30. The molecule has 0 spiro atoms. The average molecular weight is 296 g/mol. The van der Waals surface area contributed by atoms with E-state index in [2.05, 4.69) is 20.8 Å². The summed E-state index contributed by atoms with van der Waals surface area (Å²) in [5.74, 6) is 0.167. The first-order valence-electron chi connectivity index (χ1n) is 5.18. The summed E-state index contributed by atoms with van der Waals surface area (Å²) in [5.41, 5.74) is 1.01. The Morgan fingerprint density at radius 1 is 1.00 bits per heavy atom. The van der Waals surface area contributed by atoms with Gasteiger partial charge in [0.2, 0.25) is 0 Å². The number of Topliss-reactive ketones (excluding diaryl/α,β-unsaturated/α-hetero) is 1. The van der Waals surface area contributed by atoms with Gasteiger partial charge in [-0.1, -0.05) is 61.6 Å². The minimum atomic E-state index is -0.00862. The molecule has 0 atom stereocenters. The minimum absolute atomic E-state index is 0.00862. The first-order valence-corrected chi connectivity index (χ1v) is 6.32. The Hall–Kier alpha value is -0.240. The van der Waals surface area contributed by atoms with Gasteiger partial charge in [-0.3, -0.25) is 0 Å². The van der Waals surface area contributed by atoms with Gasteiger partial charge in [0.05, 0.1) is 15.1 Å². The third kappa shape index (κ3) is 5.76. The van der Waals surface area contributed by atoms with E-state index >= 15 is 0 Å². The largest absolute Gasteiger partial charge is 0.300 e. The molecule has 0 saturated carbocycles. The molecule has 17 heavy (non-hydrogen) atoms. The molecular weight excluding hydrogens is 279 g/mol.